The maximum atomic E-state index is 6.17. The Balaban J connectivity index is 1.33. The Morgan fingerprint density at radius 1 is 1.07 bits per heavy atom. The zero-order chi connectivity index (χ0) is 20.5. The van der Waals surface area contributed by atoms with Crippen LogP contribution in [0.4, 0.5) is 5.69 Å². The lowest BCUT2D eigenvalue weighted by molar-refractivity contribution is -0.169. The number of rotatable bonds is 7. The van der Waals surface area contributed by atoms with Crippen LogP contribution in [0.3, 0.4) is 0 Å². The first-order valence-electron chi connectivity index (χ1n) is 11.7. The van der Waals surface area contributed by atoms with Crippen molar-refractivity contribution in [2.45, 2.75) is 71.4 Å². The van der Waals surface area contributed by atoms with E-state index in [0.717, 1.165) is 62.7 Å². The third-order valence-corrected chi connectivity index (χ3v) is 6.69. The minimum absolute atomic E-state index is 0.0629. The van der Waals surface area contributed by atoms with E-state index in [-0.39, 0.29) is 6.29 Å². The molecule has 5 rings (SSSR count). The summed E-state index contributed by atoms with van der Waals surface area (Å²) in [6.45, 7) is 8.64. The molecule has 0 N–H and O–H groups in total. The first-order chi connectivity index (χ1) is 14.7. The van der Waals surface area contributed by atoms with Crippen LogP contribution in [0.2, 0.25) is 0 Å². The summed E-state index contributed by atoms with van der Waals surface area (Å²) in [5.74, 6) is 0.824. The van der Waals surface area contributed by atoms with Crippen molar-refractivity contribution in [3.63, 3.8) is 0 Å². The van der Waals surface area contributed by atoms with Crippen molar-refractivity contribution in [2.75, 3.05) is 31.2 Å². The standard InChI is InChI=1S/C25H34N2O3/c1-17-11-22-23(13-20(17)16-30-25-5-3-4-10-28-25)26-18(2)12-24(22)27-9-8-21(14-27)29-15-19-6-7-19/h11-13,19,21,25H,3-10,14-16H2,1-2H3. The van der Waals surface area contributed by atoms with Gasteiger partial charge in [-0.2, -0.15) is 0 Å². The predicted molar refractivity (Wildman–Crippen MR) is 119 cm³/mol. The molecule has 3 heterocycles. The van der Waals surface area contributed by atoms with E-state index in [1.165, 1.54) is 41.5 Å². The molecule has 0 spiro atoms. The van der Waals surface area contributed by atoms with Crippen molar-refractivity contribution in [3.05, 3.63) is 35.0 Å². The van der Waals surface area contributed by atoms with Gasteiger partial charge in [0.2, 0.25) is 0 Å². The van der Waals surface area contributed by atoms with Gasteiger partial charge < -0.3 is 19.1 Å². The molecule has 2 unspecified atom stereocenters. The first kappa shape index (κ1) is 20.2. The van der Waals surface area contributed by atoms with Crippen molar-refractivity contribution in [1.29, 1.82) is 0 Å². The van der Waals surface area contributed by atoms with Crippen LogP contribution in [0.5, 0.6) is 0 Å². The molecule has 1 saturated carbocycles. The van der Waals surface area contributed by atoms with E-state index in [9.17, 15) is 0 Å². The Hall–Kier alpha value is -1.69. The van der Waals surface area contributed by atoms with E-state index in [1.54, 1.807) is 0 Å². The Labute approximate surface area is 179 Å². The molecule has 2 saturated heterocycles. The zero-order valence-electron chi connectivity index (χ0n) is 18.4. The summed E-state index contributed by atoms with van der Waals surface area (Å²) in [6, 6.07) is 6.73. The van der Waals surface area contributed by atoms with Crippen LogP contribution in [-0.4, -0.2) is 43.7 Å². The molecule has 0 amide bonds. The van der Waals surface area contributed by atoms with Crippen LogP contribution in [0, 0.1) is 19.8 Å². The number of ether oxygens (including phenoxy) is 3. The maximum Gasteiger partial charge on any atom is 0.158 e. The van der Waals surface area contributed by atoms with Gasteiger partial charge in [0.25, 0.3) is 0 Å². The third-order valence-electron chi connectivity index (χ3n) is 6.69. The topological polar surface area (TPSA) is 43.8 Å². The minimum atomic E-state index is -0.0629. The van der Waals surface area contributed by atoms with E-state index in [0.29, 0.717) is 12.7 Å². The van der Waals surface area contributed by atoms with Crippen LogP contribution in [-0.2, 0) is 20.8 Å². The van der Waals surface area contributed by atoms with Gasteiger partial charge in [0.15, 0.2) is 6.29 Å². The van der Waals surface area contributed by atoms with Crippen LogP contribution in [0.1, 0.15) is 55.3 Å². The van der Waals surface area contributed by atoms with Crippen LogP contribution >= 0.6 is 0 Å². The summed E-state index contributed by atoms with van der Waals surface area (Å²) >= 11 is 0. The third kappa shape index (κ3) is 4.63. The fraction of sp³-hybridized carbons (Fsp3) is 0.640. The highest BCUT2D eigenvalue weighted by Gasteiger charge is 2.28. The first-order valence-corrected chi connectivity index (χ1v) is 11.7. The molecule has 3 aliphatic rings. The fourth-order valence-corrected chi connectivity index (χ4v) is 4.62. The molecule has 5 heteroatoms. The fourth-order valence-electron chi connectivity index (χ4n) is 4.62. The zero-order valence-corrected chi connectivity index (χ0v) is 18.4. The van der Waals surface area contributed by atoms with Crippen molar-refractivity contribution >= 4 is 16.6 Å². The second kappa shape index (κ2) is 8.81. The van der Waals surface area contributed by atoms with Crippen LogP contribution in [0.15, 0.2) is 18.2 Å². The van der Waals surface area contributed by atoms with E-state index in [2.05, 4.69) is 36.9 Å². The second-order valence-corrected chi connectivity index (χ2v) is 9.32. The summed E-state index contributed by atoms with van der Waals surface area (Å²) in [5.41, 5.74) is 5.87. The van der Waals surface area contributed by atoms with Crippen molar-refractivity contribution in [3.8, 4) is 0 Å². The average Bonchev–Trinajstić information content (AvgIpc) is 3.47. The Kier molecular flexibility index (Phi) is 5.94. The number of benzene rings is 1. The Morgan fingerprint density at radius 2 is 1.97 bits per heavy atom. The predicted octanol–water partition coefficient (Wildman–Crippen LogP) is 4.90. The summed E-state index contributed by atoms with van der Waals surface area (Å²) in [4.78, 5) is 7.33. The largest absolute Gasteiger partial charge is 0.376 e. The summed E-state index contributed by atoms with van der Waals surface area (Å²) < 4.78 is 17.9. The van der Waals surface area contributed by atoms with Gasteiger partial charge in [-0.25, -0.2) is 0 Å². The molecule has 2 aromatic rings. The van der Waals surface area contributed by atoms with Gasteiger partial charge in [0, 0.05) is 43.1 Å². The number of anilines is 1. The number of aromatic nitrogens is 1. The minimum Gasteiger partial charge on any atom is -0.376 e. The Morgan fingerprint density at radius 3 is 2.77 bits per heavy atom. The molecule has 30 heavy (non-hydrogen) atoms. The summed E-state index contributed by atoms with van der Waals surface area (Å²) in [6.07, 6.45) is 7.43. The summed E-state index contributed by atoms with van der Waals surface area (Å²) in [5, 5.41) is 1.23. The van der Waals surface area contributed by atoms with Gasteiger partial charge in [-0.15, -0.1) is 0 Å². The second-order valence-electron chi connectivity index (χ2n) is 9.32. The number of fused-ring (bicyclic) bond motifs is 1. The molecular weight excluding hydrogens is 376 g/mol. The smallest absolute Gasteiger partial charge is 0.158 e. The lowest BCUT2D eigenvalue weighted by Crippen LogP contribution is -2.24. The molecule has 2 aliphatic heterocycles. The molecule has 3 fully saturated rings. The highest BCUT2D eigenvalue weighted by molar-refractivity contribution is 5.93. The van der Waals surface area contributed by atoms with Gasteiger partial charge in [-0.1, -0.05) is 0 Å². The molecule has 1 aromatic carbocycles. The lowest BCUT2D eigenvalue weighted by atomic mass is 10.0. The number of pyridine rings is 1. The van der Waals surface area contributed by atoms with E-state index >= 15 is 0 Å². The number of hydrogen-bond donors (Lipinski definition) is 0. The molecule has 0 radical (unpaired) electrons. The van der Waals surface area contributed by atoms with Gasteiger partial charge in [-0.3, -0.25) is 4.98 Å². The van der Waals surface area contributed by atoms with Gasteiger partial charge in [0.1, 0.15) is 0 Å². The molecule has 0 bridgehead atoms. The van der Waals surface area contributed by atoms with E-state index in [4.69, 9.17) is 19.2 Å². The van der Waals surface area contributed by atoms with Crippen molar-refractivity contribution in [2.24, 2.45) is 5.92 Å². The van der Waals surface area contributed by atoms with Gasteiger partial charge in [-0.05, 0) is 87.6 Å². The van der Waals surface area contributed by atoms with Crippen LogP contribution < -0.4 is 4.90 Å². The number of hydrogen-bond acceptors (Lipinski definition) is 5. The van der Waals surface area contributed by atoms with Crippen LogP contribution in [0.25, 0.3) is 10.9 Å². The maximum absolute atomic E-state index is 6.17. The van der Waals surface area contributed by atoms with Crippen molar-refractivity contribution in [1.82, 2.24) is 4.98 Å². The van der Waals surface area contributed by atoms with Gasteiger partial charge >= 0.3 is 0 Å². The molecule has 1 aromatic heterocycles. The van der Waals surface area contributed by atoms with Crippen molar-refractivity contribution < 1.29 is 14.2 Å². The molecular formula is C25H34N2O3. The molecule has 5 nitrogen and oxygen atoms in total. The quantitative estimate of drug-likeness (QED) is 0.650. The normalized spacial score (nSPS) is 24.7. The SMILES string of the molecule is Cc1cc(N2CCC(OCC3CC3)C2)c2cc(C)c(COC3CCCCO3)cc2n1. The molecule has 2 atom stereocenters. The average molecular weight is 411 g/mol. The highest BCUT2D eigenvalue weighted by atomic mass is 16.7. The van der Waals surface area contributed by atoms with Gasteiger partial charge in [0.05, 0.1) is 18.2 Å². The molecule has 1 aliphatic carbocycles. The van der Waals surface area contributed by atoms with E-state index in [1.807, 2.05) is 0 Å². The monoisotopic (exact) mass is 410 g/mol. The number of nitrogens with zero attached hydrogens (tertiary/aromatic N) is 2. The van der Waals surface area contributed by atoms with E-state index < -0.39 is 0 Å². The highest BCUT2D eigenvalue weighted by Crippen LogP contribution is 2.34. The summed E-state index contributed by atoms with van der Waals surface area (Å²) in [7, 11) is 0. The Bertz CT molecular complexity index is 890. The molecule has 162 valence electrons. The number of aryl methyl sites for hydroxylation is 2. The lowest BCUT2D eigenvalue weighted by Gasteiger charge is -2.24.